The summed E-state index contributed by atoms with van der Waals surface area (Å²) in [6, 6.07) is 9.13. The zero-order valence-corrected chi connectivity index (χ0v) is 13.8. The summed E-state index contributed by atoms with van der Waals surface area (Å²) in [6.45, 7) is 0. The average Bonchev–Trinajstić information content (AvgIpc) is 3.03. The Morgan fingerprint density at radius 3 is 2.87 bits per heavy atom. The predicted octanol–water partition coefficient (Wildman–Crippen LogP) is 4.07. The lowest BCUT2D eigenvalue weighted by atomic mass is 10.2. The second-order valence-electron chi connectivity index (χ2n) is 4.55. The second kappa shape index (κ2) is 6.47. The Morgan fingerprint density at radius 1 is 1.30 bits per heavy atom. The fourth-order valence-corrected chi connectivity index (χ4v) is 2.66. The van der Waals surface area contributed by atoms with E-state index in [0.29, 0.717) is 20.9 Å². The number of nitrogens with one attached hydrogen (secondary N) is 1. The second-order valence-corrected chi connectivity index (χ2v) is 5.88. The van der Waals surface area contributed by atoms with E-state index in [1.165, 1.54) is 35.5 Å². The van der Waals surface area contributed by atoms with Gasteiger partial charge in [-0.05, 0) is 30.3 Å². The van der Waals surface area contributed by atoms with Crippen LogP contribution in [0.5, 0.6) is 0 Å². The molecule has 1 amide bonds. The maximum Gasteiger partial charge on any atom is 0.258 e. The van der Waals surface area contributed by atoms with Crippen LogP contribution in [0, 0.1) is 5.82 Å². The van der Waals surface area contributed by atoms with Gasteiger partial charge in [-0.3, -0.25) is 4.79 Å². The van der Waals surface area contributed by atoms with Crippen molar-refractivity contribution in [3.63, 3.8) is 0 Å². The van der Waals surface area contributed by atoms with E-state index in [-0.39, 0.29) is 5.56 Å². The van der Waals surface area contributed by atoms with E-state index >= 15 is 0 Å². The van der Waals surface area contributed by atoms with Crippen LogP contribution in [0.1, 0.15) is 10.4 Å². The first-order valence-electron chi connectivity index (χ1n) is 6.46. The van der Waals surface area contributed by atoms with Crippen LogP contribution < -0.4 is 5.32 Å². The summed E-state index contributed by atoms with van der Waals surface area (Å²) < 4.78 is 15.9. The van der Waals surface area contributed by atoms with Gasteiger partial charge in [0.05, 0.1) is 16.3 Å². The maximum absolute atomic E-state index is 13.8. The number of aromatic nitrogens is 3. The SMILES string of the molecule is O=C(Nc1cccc(Cl)c1-n1cncn1)c1cc(Br)ccc1F. The van der Waals surface area contributed by atoms with Gasteiger partial charge in [0.1, 0.15) is 24.2 Å². The predicted molar refractivity (Wildman–Crippen MR) is 88.4 cm³/mol. The Balaban J connectivity index is 1.99. The number of hydrogen-bond acceptors (Lipinski definition) is 3. The van der Waals surface area contributed by atoms with Crippen LogP contribution >= 0.6 is 27.5 Å². The van der Waals surface area contributed by atoms with Crippen molar-refractivity contribution < 1.29 is 9.18 Å². The number of rotatable bonds is 3. The van der Waals surface area contributed by atoms with Crippen molar-refractivity contribution >= 4 is 39.1 Å². The largest absolute Gasteiger partial charge is 0.320 e. The number of carbonyl (C=O) groups is 1. The molecular weight excluding hydrogens is 387 g/mol. The number of carbonyl (C=O) groups excluding carboxylic acids is 1. The van der Waals surface area contributed by atoms with Gasteiger partial charge in [-0.25, -0.2) is 14.1 Å². The standard InChI is InChI=1S/C15H9BrClFN4O/c16-9-4-5-12(18)10(6-9)15(23)21-13-3-1-2-11(17)14(13)22-8-19-7-20-22/h1-8H,(H,21,23). The van der Waals surface area contributed by atoms with Crippen LogP contribution in [0.25, 0.3) is 5.69 Å². The van der Waals surface area contributed by atoms with Crippen molar-refractivity contribution in [2.75, 3.05) is 5.32 Å². The summed E-state index contributed by atoms with van der Waals surface area (Å²) in [6.07, 6.45) is 2.81. The van der Waals surface area contributed by atoms with Gasteiger partial charge >= 0.3 is 0 Å². The topological polar surface area (TPSA) is 59.8 Å². The fourth-order valence-electron chi connectivity index (χ4n) is 2.03. The van der Waals surface area contributed by atoms with Gasteiger partial charge < -0.3 is 5.32 Å². The van der Waals surface area contributed by atoms with Gasteiger partial charge in [-0.15, -0.1) is 0 Å². The fraction of sp³-hybridized carbons (Fsp3) is 0. The van der Waals surface area contributed by atoms with Crippen molar-refractivity contribution in [1.82, 2.24) is 14.8 Å². The molecule has 0 unspecified atom stereocenters. The Kier molecular flexibility index (Phi) is 4.40. The number of benzene rings is 2. The summed E-state index contributed by atoms with van der Waals surface area (Å²) in [5.74, 6) is -1.21. The number of nitrogens with zero attached hydrogens (tertiary/aromatic N) is 3. The molecule has 0 saturated carbocycles. The maximum atomic E-state index is 13.8. The highest BCUT2D eigenvalue weighted by molar-refractivity contribution is 9.10. The molecule has 0 saturated heterocycles. The minimum absolute atomic E-state index is 0.0797. The van der Waals surface area contributed by atoms with Crippen molar-refractivity contribution in [3.05, 3.63) is 69.9 Å². The number of halogens is 3. The summed E-state index contributed by atoms with van der Waals surface area (Å²) in [7, 11) is 0. The molecule has 3 aromatic rings. The normalized spacial score (nSPS) is 10.6. The molecule has 0 aliphatic carbocycles. The van der Waals surface area contributed by atoms with Crippen LogP contribution in [0.4, 0.5) is 10.1 Å². The van der Waals surface area contributed by atoms with E-state index < -0.39 is 11.7 Å². The zero-order valence-electron chi connectivity index (χ0n) is 11.5. The highest BCUT2D eigenvalue weighted by Crippen LogP contribution is 2.28. The van der Waals surface area contributed by atoms with Gasteiger partial charge in [-0.1, -0.05) is 33.6 Å². The Morgan fingerprint density at radius 2 is 2.13 bits per heavy atom. The Hall–Kier alpha value is -2.25. The summed E-state index contributed by atoms with van der Waals surface area (Å²) in [5, 5.41) is 7.04. The molecule has 5 nitrogen and oxygen atoms in total. The molecule has 0 aliphatic heterocycles. The quantitative estimate of drug-likeness (QED) is 0.727. The summed E-state index contributed by atoms with van der Waals surface area (Å²) in [4.78, 5) is 16.2. The minimum atomic E-state index is -0.616. The molecule has 1 N–H and O–H groups in total. The van der Waals surface area contributed by atoms with Crippen LogP contribution in [-0.2, 0) is 0 Å². The van der Waals surface area contributed by atoms with Crippen LogP contribution in [0.2, 0.25) is 5.02 Å². The van der Waals surface area contributed by atoms with E-state index in [4.69, 9.17) is 11.6 Å². The number of hydrogen-bond donors (Lipinski definition) is 1. The molecule has 0 bridgehead atoms. The molecule has 2 aromatic carbocycles. The monoisotopic (exact) mass is 394 g/mol. The smallest absolute Gasteiger partial charge is 0.258 e. The molecule has 0 fully saturated rings. The minimum Gasteiger partial charge on any atom is -0.320 e. The van der Waals surface area contributed by atoms with Gasteiger partial charge in [0.15, 0.2) is 0 Å². The van der Waals surface area contributed by atoms with Gasteiger partial charge in [0, 0.05) is 4.47 Å². The Bertz CT molecular complexity index is 870. The highest BCUT2D eigenvalue weighted by atomic mass is 79.9. The average molecular weight is 396 g/mol. The van der Waals surface area contributed by atoms with Crippen molar-refractivity contribution in [3.8, 4) is 5.69 Å². The van der Waals surface area contributed by atoms with Crippen molar-refractivity contribution in [1.29, 1.82) is 0 Å². The third-order valence-electron chi connectivity index (χ3n) is 3.06. The van der Waals surface area contributed by atoms with Crippen molar-refractivity contribution in [2.24, 2.45) is 0 Å². The molecule has 3 rings (SSSR count). The molecular formula is C15H9BrClFN4O. The molecule has 1 heterocycles. The number of anilines is 1. The first-order valence-corrected chi connectivity index (χ1v) is 7.63. The van der Waals surface area contributed by atoms with E-state index in [1.54, 1.807) is 18.2 Å². The third kappa shape index (κ3) is 3.25. The first-order chi connectivity index (χ1) is 11.1. The summed E-state index contributed by atoms with van der Waals surface area (Å²) in [5.41, 5.74) is 0.770. The lowest BCUT2D eigenvalue weighted by molar-refractivity contribution is 0.102. The first kappa shape index (κ1) is 15.6. The van der Waals surface area contributed by atoms with Gasteiger partial charge in [0.25, 0.3) is 5.91 Å². The van der Waals surface area contributed by atoms with E-state index in [1.807, 2.05) is 0 Å². The molecule has 0 spiro atoms. The van der Waals surface area contributed by atoms with Crippen molar-refractivity contribution in [2.45, 2.75) is 0 Å². The number of para-hydroxylation sites is 1. The van der Waals surface area contributed by atoms with Gasteiger partial charge in [-0.2, -0.15) is 5.10 Å². The molecule has 1 aromatic heterocycles. The number of amides is 1. The molecule has 116 valence electrons. The summed E-state index contributed by atoms with van der Waals surface area (Å²) >= 11 is 9.40. The molecule has 0 atom stereocenters. The molecule has 0 aliphatic rings. The van der Waals surface area contributed by atoms with Crippen LogP contribution in [0.15, 0.2) is 53.5 Å². The molecule has 23 heavy (non-hydrogen) atoms. The zero-order chi connectivity index (χ0) is 16.4. The molecule has 0 radical (unpaired) electrons. The van der Waals surface area contributed by atoms with Gasteiger partial charge in [0.2, 0.25) is 0 Å². The Labute approximate surface area is 144 Å². The lowest BCUT2D eigenvalue weighted by Crippen LogP contribution is -2.15. The third-order valence-corrected chi connectivity index (χ3v) is 3.85. The van der Waals surface area contributed by atoms with E-state index in [9.17, 15) is 9.18 Å². The molecule has 8 heteroatoms. The van der Waals surface area contributed by atoms with Crippen LogP contribution in [-0.4, -0.2) is 20.7 Å². The van der Waals surface area contributed by atoms with E-state index in [0.717, 1.165) is 0 Å². The highest BCUT2D eigenvalue weighted by Gasteiger charge is 2.16. The lowest BCUT2D eigenvalue weighted by Gasteiger charge is -2.12. The van der Waals surface area contributed by atoms with E-state index in [2.05, 4.69) is 31.3 Å². The van der Waals surface area contributed by atoms with Crippen LogP contribution in [0.3, 0.4) is 0 Å².